The van der Waals surface area contributed by atoms with Crippen LogP contribution >= 0.6 is 0 Å². The SMILES string of the molecule is CC(=O)O[C@@H](C)[C@H](CC[C@](C)(O)[C@@H]1C(=O)C[C@H]2[C@@H]3CC(=O)[C@H]4C[C@@H](O[C@H]5O[C@H](CO)[C@@H](O)[C@H](O)[C@H]5O)CC[C@]4(C)[C@H]3CC[C@]12C)C(C)(C)O. The first kappa shape index (κ1) is 38.7. The number of carbonyl (C=O) groups is 3. The van der Waals surface area contributed by atoms with Crippen molar-refractivity contribution in [2.45, 2.75) is 160 Å². The third kappa shape index (κ3) is 7.02. The molecule has 0 aromatic rings. The molecule has 1 aliphatic heterocycles. The van der Waals surface area contributed by atoms with Crippen molar-refractivity contribution in [1.82, 2.24) is 0 Å². The van der Waals surface area contributed by atoms with Crippen molar-refractivity contribution in [2.24, 2.45) is 46.3 Å². The van der Waals surface area contributed by atoms with Crippen LogP contribution in [0.1, 0.15) is 106 Å². The Morgan fingerprint density at radius 2 is 1.61 bits per heavy atom. The van der Waals surface area contributed by atoms with Crippen molar-refractivity contribution in [3.05, 3.63) is 0 Å². The Morgan fingerprint density at radius 1 is 0.959 bits per heavy atom. The third-order valence-corrected chi connectivity index (χ3v) is 13.8. The third-order valence-electron chi connectivity index (χ3n) is 13.8. The maximum absolute atomic E-state index is 14.0. The Kier molecular flexibility index (Phi) is 10.9. The molecule has 6 N–H and O–H groups in total. The smallest absolute Gasteiger partial charge is 0.302 e. The number of ether oxygens (including phenoxy) is 3. The zero-order chi connectivity index (χ0) is 36.4. The molecule has 0 unspecified atom stereocenters. The van der Waals surface area contributed by atoms with Crippen molar-refractivity contribution in [3.63, 3.8) is 0 Å². The van der Waals surface area contributed by atoms with Crippen molar-refractivity contribution >= 4 is 17.5 Å². The van der Waals surface area contributed by atoms with Gasteiger partial charge in [0.2, 0.25) is 0 Å². The van der Waals surface area contributed by atoms with Gasteiger partial charge in [-0.3, -0.25) is 14.4 Å². The number of rotatable bonds is 10. The van der Waals surface area contributed by atoms with Crippen LogP contribution in [0.3, 0.4) is 0 Å². The highest BCUT2D eigenvalue weighted by Crippen LogP contribution is 2.67. The second-order valence-corrected chi connectivity index (χ2v) is 17.5. The first-order valence-corrected chi connectivity index (χ1v) is 18.3. The van der Waals surface area contributed by atoms with Crippen molar-refractivity contribution in [2.75, 3.05) is 6.61 Å². The first-order valence-electron chi connectivity index (χ1n) is 18.3. The number of esters is 1. The number of aliphatic hydroxyl groups excluding tert-OH is 4. The second kappa shape index (κ2) is 13.8. The van der Waals surface area contributed by atoms with Gasteiger partial charge in [-0.05, 0) is 101 Å². The van der Waals surface area contributed by atoms with Gasteiger partial charge >= 0.3 is 5.97 Å². The summed E-state index contributed by atoms with van der Waals surface area (Å²) in [4.78, 5) is 39.6. The predicted octanol–water partition coefficient (Wildman–Crippen LogP) is 2.06. The van der Waals surface area contributed by atoms with E-state index in [1.165, 1.54) is 6.92 Å². The zero-order valence-corrected chi connectivity index (χ0v) is 30.2. The molecule has 12 nitrogen and oxygen atoms in total. The number of hydrogen-bond donors (Lipinski definition) is 6. The molecule has 0 aromatic carbocycles. The van der Waals surface area contributed by atoms with E-state index in [1.54, 1.807) is 27.7 Å². The van der Waals surface area contributed by atoms with Crippen LogP contribution in [0.15, 0.2) is 0 Å². The summed E-state index contributed by atoms with van der Waals surface area (Å²) in [5, 5.41) is 63.4. The average molecular weight is 697 g/mol. The Morgan fingerprint density at radius 3 is 2.22 bits per heavy atom. The Balaban J connectivity index is 1.29. The van der Waals surface area contributed by atoms with Gasteiger partial charge in [0.05, 0.1) is 29.8 Å². The highest BCUT2D eigenvalue weighted by atomic mass is 16.7. The summed E-state index contributed by atoms with van der Waals surface area (Å²) in [6.07, 6.45) is -3.27. The molecule has 4 saturated carbocycles. The molecule has 0 amide bonds. The van der Waals surface area contributed by atoms with Crippen LogP contribution in [0.5, 0.6) is 0 Å². The monoisotopic (exact) mass is 696 g/mol. The van der Waals surface area contributed by atoms with Crippen LogP contribution in [0.2, 0.25) is 0 Å². The molecule has 1 heterocycles. The maximum atomic E-state index is 14.0. The normalized spacial score (nSPS) is 45.0. The summed E-state index contributed by atoms with van der Waals surface area (Å²) in [7, 11) is 0. The van der Waals surface area contributed by atoms with E-state index in [4.69, 9.17) is 14.2 Å². The van der Waals surface area contributed by atoms with E-state index in [0.717, 1.165) is 12.8 Å². The molecule has 0 bridgehead atoms. The number of hydrogen-bond acceptors (Lipinski definition) is 12. The van der Waals surface area contributed by atoms with Gasteiger partial charge in [-0.25, -0.2) is 0 Å². The minimum absolute atomic E-state index is 0.00766. The lowest BCUT2D eigenvalue weighted by molar-refractivity contribution is -0.315. The van der Waals surface area contributed by atoms with Crippen LogP contribution in [0, 0.1) is 46.3 Å². The minimum Gasteiger partial charge on any atom is -0.462 e. The van der Waals surface area contributed by atoms with E-state index in [1.807, 2.05) is 0 Å². The van der Waals surface area contributed by atoms with E-state index in [0.29, 0.717) is 38.5 Å². The van der Waals surface area contributed by atoms with Gasteiger partial charge in [0.25, 0.3) is 0 Å². The Hall–Kier alpha value is -1.51. The van der Waals surface area contributed by atoms with E-state index >= 15 is 0 Å². The topological polar surface area (TPSA) is 200 Å². The number of Topliss-reactive ketones (excluding diaryl/α,β-unsaturated/α-hetero) is 2. The maximum Gasteiger partial charge on any atom is 0.302 e. The lowest BCUT2D eigenvalue weighted by Gasteiger charge is -2.60. The van der Waals surface area contributed by atoms with Gasteiger partial charge < -0.3 is 44.8 Å². The highest BCUT2D eigenvalue weighted by molar-refractivity contribution is 5.87. The Labute approximate surface area is 289 Å². The van der Waals surface area contributed by atoms with E-state index in [-0.39, 0.29) is 47.1 Å². The molecule has 0 radical (unpaired) electrons. The van der Waals surface area contributed by atoms with Gasteiger partial charge in [0, 0.05) is 31.6 Å². The van der Waals surface area contributed by atoms with Crippen LogP contribution in [-0.4, -0.2) is 109 Å². The zero-order valence-electron chi connectivity index (χ0n) is 30.2. The lowest BCUT2D eigenvalue weighted by Crippen LogP contribution is -2.61. The summed E-state index contributed by atoms with van der Waals surface area (Å²) in [5.41, 5.74) is -3.35. The molecule has 4 aliphatic carbocycles. The quantitative estimate of drug-likeness (QED) is 0.144. The van der Waals surface area contributed by atoms with Crippen molar-refractivity contribution in [1.29, 1.82) is 0 Å². The molecule has 1 saturated heterocycles. The fourth-order valence-electron chi connectivity index (χ4n) is 11.4. The fourth-order valence-corrected chi connectivity index (χ4v) is 11.4. The molecule has 5 fully saturated rings. The van der Waals surface area contributed by atoms with Gasteiger partial charge in [-0.2, -0.15) is 0 Å². The Bertz CT molecular complexity index is 1240. The number of ketones is 2. The molecule has 49 heavy (non-hydrogen) atoms. The molecule has 5 aliphatic rings. The molecule has 5 rings (SSSR count). The van der Waals surface area contributed by atoms with Gasteiger partial charge in [0.15, 0.2) is 6.29 Å². The van der Waals surface area contributed by atoms with Crippen molar-refractivity contribution in [3.8, 4) is 0 Å². The molecule has 16 atom stereocenters. The molecule has 0 aromatic heterocycles. The van der Waals surface area contributed by atoms with E-state index in [2.05, 4.69) is 13.8 Å². The number of aliphatic hydroxyl groups is 6. The number of carbonyl (C=O) groups excluding carboxylic acids is 3. The first-order chi connectivity index (χ1) is 22.7. The average Bonchev–Trinajstić information content (AvgIpc) is 3.27. The standard InChI is InChI=1S/C37H60O12/c1-18(47-19(2)39)22(34(3,4)45)10-13-37(7,46)32-27(41)16-24-21-15-26(40)25-14-20(8-11-35(25,5)23(21)9-12-36(24,32)6)48-33-31(44)30(43)29(42)28(17-38)49-33/h18,20-25,28-33,38,42-46H,8-17H2,1-7H3/t18-,20-,21+,22-,23-,24-,25+,28+,29+,30-,31+,32+,33-,35+,36-,37-/m0/s1. The minimum atomic E-state index is -1.54. The second-order valence-electron chi connectivity index (χ2n) is 17.5. The van der Waals surface area contributed by atoms with Crippen LogP contribution in [0.4, 0.5) is 0 Å². The van der Waals surface area contributed by atoms with Gasteiger partial charge in [-0.1, -0.05) is 13.8 Å². The van der Waals surface area contributed by atoms with Crippen LogP contribution in [-0.2, 0) is 28.6 Å². The van der Waals surface area contributed by atoms with Crippen LogP contribution < -0.4 is 0 Å². The van der Waals surface area contributed by atoms with Gasteiger partial charge in [-0.15, -0.1) is 0 Å². The largest absolute Gasteiger partial charge is 0.462 e. The van der Waals surface area contributed by atoms with Gasteiger partial charge in [0.1, 0.15) is 42.1 Å². The molecule has 280 valence electrons. The summed E-state index contributed by atoms with van der Waals surface area (Å²) in [5.74, 6) is -1.49. The van der Waals surface area contributed by atoms with E-state index < -0.39 is 83.9 Å². The summed E-state index contributed by atoms with van der Waals surface area (Å²) in [6.45, 7) is 11.8. The molecule has 0 spiro atoms. The summed E-state index contributed by atoms with van der Waals surface area (Å²) in [6, 6.07) is 0. The molecular weight excluding hydrogens is 636 g/mol. The van der Waals surface area contributed by atoms with E-state index in [9.17, 15) is 45.0 Å². The summed E-state index contributed by atoms with van der Waals surface area (Å²) >= 11 is 0. The highest BCUT2D eigenvalue weighted by Gasteiger charge is 2.66. The summed E-state index contributed by atoms with van der Waals surface area (Å²) < 4.78 is 17.1. The predicted molar refractivity (Wildman–Crippen MR) is 176 cm³/mol. The molecular formula is C37H60O12. The molecule has 12 heteroatoms. The van der Waals surface area contributed by atoms with Crippen LogP contribution in [0.25, 0.3) is 0 Å². The fraction of sp³-hybridized carbons (Fsp3) is 0.919. The lowest BCUT2D eigenvalue weighted by atomic mass is 9.44. The number of fused-ring (bicyclic) bond motifs is 5. The van der Waals surface area contributed by atoms with Crippen molar-refractivity contribution < 1.29 is 59.2 Å².